The van der Waals surface area contributed by atoms with Crippen LogP contribution in [0.15, 0.2) is 39.7 Å². The van der Waals surface area contributed by atoms with Crippen LogP contribution in [-0.2, 0) is 9.84 Å². The van der Waals surface area contributed by atoms with Gasteiger partial charge in [0.05, 0.1) is 17.2 Å². The fourth-order valence-corrected chi connectivity index (χ4v) is 4.52. The van der Waals surface area contributed by atoms with E-state index in [0.29, 0.717) is 35.2 Å². The summed E-state index contributed by atoms with van der Waals surface area (Å²) in [4.78, 5) is 7.32. The van der Waals surface area contributed by atoms with Gasteiger partial charge in [-0.2, -0.15) is 13.2 Å². The Morgan fingerprint density at radius 2 is 1.88 bits per heavy atom. The number of halogens is 5. The smallest absolute Gasteiger partial charge is 0.384 e. The second kappa shape index (κ2) is 8.81. The quantitative estimate of drug-likeness (QED) is 0.392. The van der Waals surface area contributed by atoms with Crippen LogP contribution in [0.1, 0.15) is 31.3 Å². The van der Waals surface area contributed by atoms with Crippen LogP contribution in [0, 0.1) is 12.7 Å². The molecule has 0 unspecified atom stereocenters. The zero-order valence-electron chi connectivity index (χ0n) is 17.2. The molecule has 0 amide bonds. The van der Waals surface area contributed by atoms with E-state index in [1.165, 1.54) is 13.0 Å². The van der Waals surface area contributed by atoms with Crippen molar-refractivity contribution in [2.45, 2.75) is 37.2 Å². The number of hydrogen-bond donors (Lipinski definition) is 2. The minimum Gasteiger partial charge on any atom is -0.384 e. The molecule has 0 aliphatic carbocycles. The molecule has 172 valence electrons. The highest BCUT2D eigenvalue weighted by Crippen LogP contribution is 2.36. The number of nitrogens with one attached hydrogen (secondary N) is 2. The van der Waals surface area contributed by atoms with Gasteiger partial charge >= 0.3 is 5.51 Å². The van der Waals surface area contributed by atoms with Gasteiger partial charge in [0.25, 0.3) is 9.84 Å². The van der Waals surface area contributed by atoms with Crippen LogP contribution in [0.5, 0.6) is 0 Å². The van der Waals surface area contributed by atoms with Crippen LogP contribution in [0.4, 0.5) is 29.1 Å². The molecule has 32 heavy (non-hydrogen) atoms. The van der Waals surface area contributed by atoms with Crippen LogP contribution in [-0.4, -0.2) is 30.4 Å². The Bertz CT molecular complexity index is 1280. The Kier molecular flexibility index (Phi) is 6.66. The number of fused-ring (bicyclic) bond motifs is 1. The summed E-state index contributed by atoms with van der Waals surface area (Å²) >= 11 is 3.46. The van der Waals surface area contributed by atoms with E-state index in [0.717, 1.165) is 16.2 Å². The van der Waals surface area contributed by atoms with Crippen molar-refractivity contribution >= 4 is 48.2 Å². The largest absolute Gasteiger partial charge is 0.502 e. The van der Waals surface area contributed by atoms with Gasteiger partial charge in [0.1, 0.15) is 22.4 Å². The van der Waals surface area contributed by atoms with Gasteiger partial charge in [0.15, 0.2) is 0 Å². The molecule has 6 nitrogen and oxygen atoms in total. The molecule has 0 spiro atoms. The van der Waals surface area contributed by atoms with Crippen molar-refractivity contribution in [1.82, 2.24) is 9.97 Å². The first kappa shape index (κ1) is 24.2. The Hall–Kier alpha value is -2.47. The van der Waals surface area contributed by atoms with E-state index in [1.807, 2.05) is 13.0 Å². The summed E-state index contributed by atoms with van der Waals surface area (Å²) in [5.74, 6) is -0.714. The monoisotopic (exact) mass is 534 g/mol. The van der Waals surface area contributed by atoms with Crippen molar-refractivity contribution in [2.24, 2.45) is 0 Å². The number of alkyl halides is 3. The summed E-state index contributed by atoms with van der Waals surface area (Å²) in [5, 5.41) is 6.75. The molecular formula is C20H19BrF4N4O2S. The van der Waals surface area contributed by atoms with Gasteiger partial charge in [0, 0.05) is 22.0 Å². The number of nitrogens with zero attached hydrogens (tertiary/aromatic N) is 2. The molecule has 2 aromatic carbocycles. The highest BCUT2D eigenvalue weighted by molar-refractivity contribution is 9.10. The Morgan fingerprint density at radius 1 is 1.19 bits per heavy atom. The van der Waals surface area contributed by atoms with Gasteiger partial charge in [-0.15, -0.1) is 0 Å². The Balaban J connectivity index is 2.06. The van der Waals surface area contributed by atoms with Crippen LogP contribution in [0.25, 0.3) is 10.9 Å². The molecule has 0 aliphatic heterocycles. The van der Waals surface area contributed by atoms with E-state index in [-0.39, 0.29) is 5.56 Å². The third kappa shape index (κ3) is 4.51. The van der Waals surface area contributed by atoms with Gasteiger partial charge in [-0.05, 0) is 54.9 Å². The van der Waals surface area contributed by atoms with E-state index < -0.39 is 32.1 Å². The van der Waals surface area contributed by atoms with E-state index in [4.69, 9.17) is 0 Å². The van der Waals surface area contributed by atoms with E-state index >= 15 is 0 Å². The van der Waals surface area contributed by atoms with Gasteiger partial charge in [-0.1, -0.05) is 12.1 Å². The van der Waals surface area contributed by atoms with Crippen LogP contribution in [0.3, 0.4) is 0 Å². The second-order valence-corrected chi connectivity index (χ2v) is 9.74. The first-order chi connectivity index (χ1) is 14.9. The summed E-state index contributed by atoms with van der Waals surface area (Å²) in [6.07, 6.45) is 0. The number of benzene rings is 2. The molecule has 0 radical (unpaired) electrons. The third-order valence-electron chi connectivity index (χ3n) is 4.67. The molecule has 0 fully saturated rings. The third-order valence-corrected chi connectivity index (χ3v) is 6.83. The molecule has 2 N–H and O–H groups in total. The lowest BCUT2D eigenvalue weighted by molar-refractivity contribution is -0.0437. The summed E-state index contributed by atoms with van der Waals surface area (Å²) in [6, 6.07) is 5.56. The molecule has 1 aromatic heterocycles. The molecule has 0 bridgehead atoms. The van der Waals surface area contributed by atoms with Crippen molar-refractivity contribution in [2.75, 3.05) is 17.2 Å². The maximum absolute atomic E-state index is 14.9. The molecule has 1 heterocycles. The fourth-order valence-electron chi connectivity index (χ4n) is 3.18. The van der Waals surface area contributed by atoms with Crippen molar-refractivity contribution in [3.63, 3.8) is 0 Å². The van der Waals surface area contributed by atoms with Crippen molar-refractivity contribution in [3.05, 3.63) is 52.0 Å². The topological polar surface area (TPSA) is 84.0 Å². The summed E-state index contributed by atoms with van der Waals surface area (Å²) in [5.41, 5.74) is -4.45. The predicted molar refractivity (Wildman–Crippen MR) is 118 cm³/mol. The molecular weight excluding hydrogens is 516 g/mol. The number of hydrogen-bond acceptors (Lipinski definition) is 6. The van der Waals surface area contributed by atoms with E-state index in [2.05, 4.69) is 36.5 Å². The number of aryl methyl sites for hydroxylation is 1. The molecule has 3 rings (SSSR count). The molecule has 0 saturated carbocycles. The first-order valence-electron chi connectivity index (χ1n) is 9.44. The zero-order chi connectivity index (χ0) is 23.8. The molecule has 1 atom stereocenters. The lowest BCUT2D eigenvalue weighted by Crippen LogP contribution is -2.25. The maximum atomic E-state index is 14.9. The lowest BCUT2D eigenvalue weighted by atomic mass is 10.1. The summed E-state index contributed by atoms with van der Waals surface area (Å²) in [7, 11) is -5.83. The average molecular weight is 535 g/mol. The van der Waals surface area contributed by atoms with E-state index in [9.17, 15) is 26.0 Å². The molecule has 12 heteroatoms. The number of sulfone groups is 1. The van der Waals surface area contributed by atoms with Gasteiger partial charge in [-0.3, -0.25) is 0 Å². The normalized spacial score (nSPS) is 13.2. The fraction of sp³-hybridized carbons (Fsp3) is 0.300. The van der Waals surface area contributed by atoms with Crippen molar-refractivity contribution < 1.29 is 26.0 Å². The standard InChI is InChI=1S/C20H19BrF4N4O2S/c1-4-26-16-9-15-13(8-14(16)21)19(29-11(3)28-15)27-10(2)12-6-5-7-17(18(12)22)32(30,31)20(23,24)25/h5-10,26H,4H2,1-3H3,(H,27,28,29)/t10-/m1/s1. The van der Waals surface area contributed by atoms with Gasteiger partial charge < -0.3 is 10.6 Å². The average Bonchev–Trinajstić information content (AvgIpc) is 2.68. The van der Waals surface area contributed by atoms with Crippen LogP contribution >= 0.6 is 15.9 Å². The SMILES string of the molecule is CCNc1cc2nc(C)nc(N[C@H](C)c3cccc(S(=O)(=O)C(F)(F)F)c3F)c2cc1Br. The van der Waals surface area contributed by atoms with Gasteiger partial charge in [0.2, 0.25) is 0 Å². The zero-order valence-corrected chi connectivity index (χ0v) is 19.6. The number of anilines is 2. The molecule has 0 saturated heterocycles. The predicted octanol–water partition coefficient (Wildman–Crippen LogP) is 5.74. The maximum Gasteiger partial charge on any atom is 0.502 e. The van der Waals surface area contributed by atoms with Crippen molar-refractivity contribution in [1.29, 1.82) is 0 Å². The first-order valence-corrected chi connectivity index (χ1v) is 11.7. The number of aromatic nitrogens is 2. The van der Waals surface area contributed by atoms with Crippen molar-refractivity contribution in [3.8, 4) is 0 Å². The second-order valence-electron chi connectivity index (χ2n) is 6.97. The summed E-state index contributed by atoms with van der Waals surface area (Å²) < 4.78 is 77.9. The lowest BCUT2D eigenvalue weighted by Gasteiger charge is -2.19. The number of rotatable bonds is 6. The van der Waals surface area contributed by atoms with Crippen LogP contribution < -0.4 is 10.6 Å². The summed E-state index contributed by atoms with van der Waals surface area (Å²) in [6.45, 7) is 5.79. The Labute approximate surface area is 190 Å². The highest BCUT2D eigenvalue weighted by atomic mass is 79.9. The molecule has 0 aliphatic rings. The highest BCUT2D eigenvalue weighted by Gasteiger charge is 2.48. The molecule has 3 aromatic rings. The van der Waals surface area contributed by atoms with Gasteiger partial charge in [-0.25, -0.2) is 22.8 Å². The Morgan fingerprint density at radius 3 is 2.50 bits per heavy atom. The van der Waals surface area contributed by atoms with Crippen LogP contribution in [0.2, 0.25) is 0 Å². The minimum atomic E-state index is -5.83. The minimum absolute atomic E-state index is 0.247. The van der Waals surface area contributed by atoms with E-state index in [1.54, 1.807) is 13.0 Å².